The van der Waals surface area contributed by atoms with Crippen LogP contribution in [-0.4, -0.2) is 38.9 Å². The van der Waals surface area contributed by atoms with E-state index in [4.69, 9.17) is 14.6 Å². The molecule has 0 bridgehead atoms. The van der Waals surface area contributed by atoms with Crippen LogP contribution in [0.4, 0.5) is 0 Å². The number of aliphatic hydroxyl groups is 1. The summed E-state index contributed by atoms with van der Waals surface area (Å²) in [5.74, 6) is -1.03. The lowest BCUT2D eigenvalue weighted by molar-refractivity contribution is -0.243. The highest BCUT2D eigenvalue weighted by molar-refractivity contribution is 4.59. The minimum absolute atomic E-state index is 0.212. The summed E-state index contributed by atoms with van der Waals surface area (Å²) in [6.07, 6.45) is 0. The molecule has 56 valence electrons. The summed E-state index contributed by atoms with van der Waals surface area (Å²) in [5, 5.41) is 11.3. The number of ether oxygens (including phenoxy) is 2. The first kappa shape index (κ1) is 8.84. The molecule has 0 aliphatic carbocycles. The van der Waals surface area contributed by atoms with Crippen LogP contribution in [0, 0.1) is 0 Å². The molecule has 0 amide bonds. The molecule has 0 atom stereocenters. The molecule has 0 rings (SSSR count). The van der Waals surface area contributed by atoms with Gasteiger partial charge in [-0.1, -0.05) is 0 Å². The van der Waals surface area contributed by atoms with Gasteiger partial charge >= 0.3 is 0 Å². The molecular weight excluding hydrogens is 122 g/mol. The van der Waals surface area contributed by atoms with E-state index < -0.39 is 5.91 Å². The number of nitrogens with one attached hydrogen (secondary N) is 1. The molecule has 0 unspecified atom stereocenters. The van der Waals surface area contributed by atoms with Crippen molar-refractivity contribution in [2.75, 3.05) is 27.9 Å². The topological polar surface area (TPSA) is 50.7 Å². The lowest BCUT2D eigenvalue weighted by Gasteiger charge is -2.27. The Morgan fingerprint density at radius 1 is 1.44 bits per heavy atom. The second kappa shape index (κ2) is 3.79. The van der Waals surface area contributed by atoms with E-state index in [1.807, 2.05) is 0 Å². The molecule has 0 aliphatic heterocycles. The Balaban J connectivity index is 3.82. The van der Waals surface area contributed by atoms with Crippen molar-refractivity contribution >= 4 is 0 Å². The Bertz CT molecular complexity index is 55.1. The van der Waals surface area contributed by atoms with Crippen molar-refractivity contribution in [3.8, 4) is 0 Å². The van der Waals surface area contributed by atoms with Crippen molar-refractivity contribution in [3.05, 3.63) is 0 Å². The molecule has 0 spiro atoms. The summed E-state index contributed by atoms with van der Waals surface area (Å²) < 4.78 is 9.60. The Kier molecular flexibility index (Phi) is 3.72. The van der Waals surface area contributed by atoms with Gasteiger partial charge in [-0.25, -0.2) is 0 Å². The van der Waals surface area contributed by atoms with E-state index in [0.29, 0.717) is 0 Å². The Morgan fingerprint density at radius 2 is 1.89 bits per heavy atom. The largest absolute Gasteiger partial charge is 0.389 e. The van der Waals surface area contributed by atoms with E-state index in [0.717, 1.165) is 0 Å². The van der Waals surface area contributed by atoms with Crippen molar-refractivity contribution in [2.24, 2.45) is 0 Å². The van der Waals surface area contributed by atoms with Crippen LogP contribution in [-0.2, 0) is 9.47 Å². The molecule has 9 heavy (non-hydrogen) atoms. The lowest BCUT2D eigenvalue weighted by Crippen LogP contribution is -2.49. The third-order valence-corrected chi connectivity index (χ3v) is 1.25. The summed E-state index contributed by atoms with van der Waals surface area (Å²) in [5.41, 5.74) is 0. The first-order valence-electron chi connectivity index (χ1n) is 2.64. The SMILES string of the molecule is CNC(CO)(OC)OC. The molecule has 0 aliphatic rings. The van der Waals surface area contributed by atoms with Gasteiger partial charge in [0.15, 0.2) is 0 Å². The van der Waals surface area contributed by atoms with Crippen molar-refractivity contribution in [1.82, 2.24) is 5.32 Å². The van der Waals surface area contributed by atoms with Crippen LogP contribution in [0.3, 0.4) is 0 Å². The molecule has 0 aromatic carbocycles. The Hall–Kier alpha value is -0.160. The molecule has 0 radical (unpaired) electrons. The van der Waals surface area contributed by atoms with Gasteiger partial charge in [0.2, 0.25) is 0 Å². The highest BCUT2D eigenvalue weighted by atomic mass is 16.7. The van der Waals surface area contributed by atoms with Gasteiger partial charge in [-0.2, -0.15) is 0 Å². The molecule has 0 heterocycles. The number of hydrogen-bond acceptors (Lipinski definition) is 4. The highest BCUT2D eigenvalue weighted by Gasteiger charge is 2.25. The number of methoxy groups -OCH3 is 2. The number of likely N-dealkylation sites (N-methyl/N-ethyl adjacent to an activating group) is 1. The van der Waals surface area contributed by atoms with E-state index in [1.165, 1.54) is 14.2 Å². The molecule has 4 heteroatoms. The van der Waals surface area contributed by atoms with E-state index in [9.17, 15) is 0 Å². The maximum absolute atomic E-state index is 8.66. The highest BCUT2D eigenvalue weighted by Crippen LogP contribution is 2.02. The second-order valence-electron chi connectivity index (χ2n) is 1.57. The monoisotopic (exact) mass is 135 g/mol. The van der Waals surface area contributed by atoms with Crippen molar-refractivity contribution in [1.29, 1.82) is 0 Å². The zero-order valence-corrected chi connectivity index (χ0v) is 5.97. The summed E-state index contributed by atoms with van der Waals surface area (Å²) in [6, 6.07) is 0. The zero-order valence-electron chi connectivity index (χ0n) is 5.97. The van der Waals surface area contributed by atoms with Crippen LogP contribution in [0.25, 0.3) is 0 Å². The van der Waals surface area contributed by atoms with Gasteiger partial charge < -0.3 is 14.6 Å². The maximum Gasteiger partial charge on any atom is 0.251 e. The van der Waals surface area contributed by atoms with Crippen LogP contribution in [0.1, 0.15) is 0 Å². The lowest BCUT2D eigenvalue weighted by atomic mass is 10.5. The predicted octanol–water partition coefficient (Wildman–Crippen LogP) is -0.855. The van der Waals surface area contributed by atoms with Crippen LogP contribution >= 0.6 is 0 Å². The number of aliphatic hydroxyl groups excluding tert-OH is 1. The van der Waals surface area contributed by atoms with E-state index >= 15 is 0 Å². The molecule has 0 saturated carbocycles. The number of rotatable bonds is 4. The average Bonchev–Trinajstić information content (AvgIpc) is 1.95. The van der Waals surface area contributed by atoms with Gasteiger partial charge in [-0.05, 0) is 7.05 Å². The molecule has 4 nitrogen and oxygen atoms in total. The quantitative estimate of drug-likeness (QED) is 0.493. The minimum Gasteiger partial charge on any atom is -0.389 e. The standard InChI is InChI=1S/C5H13NO3/c1-6-5(4-7,8-2)9-3/h6-7H,4H2,1-3H3. The normalized spacial score (nSPS) is 12.0. The van der Waals surface area contributed by atoms with Crippen LogP contribution in [0.15, 0.2) is 0 Å². The van der Waals surface area contributed by atoms with Crippen LogP contribution in [0.2, 0.25) is 0 Å². The molecule has 0 aromatic heterocycles. The summed E-state index contributed by atoms with van der Waals surface area (Å²) >= 11 is 0. The zero-order chi connectivity index (χ0) is 7.33. The summed E-state index contributed by atoms with van der Waals surface area (Å²) in [4.78, 5) is 0. The van der Waals surface area contributed by atoms with Crippen molar-refractivity contribution < 1.29 is 14.6 Å². The molecule has 0 aromatic rings. The van der Waals surface area contributed by atoms with Crippen molar-refractivity contribution in [2.45, 2.75) is 5.91 Å². The van der Waals surface area contributed by atoms with E-state index in [2.05, 4.69) is 5.32 Å². The van der Waals surface area contributed by atoms with Crippen LogP contribution in [0.5, 0.6) is 0 Å². The fraction of sp³-hybridized carbons (Fsp3) is 1.00. The van der Waals surface area contributed by atoms with Gasteiger partial charge in [-0.15, -0.1) is 0 Å². The second-order valence-corrected chi connectivity index (χ2v) is 1.57. The predicted molar refractivity (Wildman–Crippen MR) is 32.9 cm³/mol. The van der Waals surface area contributed by atoms with Gasteiger partial charge in [0.1, 0.15) is 6.61 Å². The van der Waals surface area contributed by atoms with Gasteiger partial charge in [0, 0.05) is 14.2 Å². The Labute approximate surface area is 54.8 Å². The van der Waals surface area contributed by atoms with Gasteiger partial charge in [-0.3, -0.25) is 5.32 Å². The smallest absolute Gasteiger partial charge is 0.251 e. The van der Waals surface area contributed by atoms with Gasteiger partial charge in [0.05, 0.1) is 0 Å². The fourth-order valence-electron chi connectivity index (χ4n) is 0.496. The van der Waals surface area contributed by atoms with E-state index in [-0.39, 0.29) is 6.61 Å². The first-order valence-corrected chi connectivity index (χ1v) is 2.64. The third kappa shape index (κ3) is 1.91. The van der Waals surface area contributed by atoms with Gasteiger partial charge in [0.25, 0.3) is 5.91 Å². The molecular formula is C5H13NO3. The molecule has 2 N–H and O–H groups in total. The Morgan fingerprint density at radius 3 is 1.89 bits per heavy atom. The van der Waals surface area contributed by atoms with Crippen molar-refractivity contribution in [3.63, 3.8) is 0 Å². The molecule has 0 fully saturated rings. The summed E-state index contributed by atoms with van der Waals surface area (Å²) in [6.45, 7) is -0.212. The maximum atomic E-state index is 8.66. The van der Waals surface area contributed by atoms with E-state index in [1.54, 1.807) is 7.05 Å². The minimum atomic E-state index is -1.03. The number of hydrogen-bond donors (Lipinski definition) is 2. The fourth-order valence-corrected chi connectivity index (χ4v) is 0.496. The first-order chi connectivity index (χ1) is 4.24. The summed E-state index contributed by atoms with van der Waals surface area (Å²) in [7, 11) is 4.55. The van der Waals surface area contributed by atoms with Crippen LogP contribution < -0.4 is 5.32 Å². The molecule has 0 saturated heterocycles. The third-order valence-electron chi connectivity index (χ3n) is 1.25. The average molecular weight is 135 g/mol.